The van der Waals surface area contributed by atoms with Crippen LogP contribution in [-0.2, 0) is 16.1 Å². The summed E-state index contributed by atoms with van der Waals surface area (Å²) in [4.78, 5) is 11.0. The van der Waals surface area contributed by atoms with E-state index in [2.05, 4.69) is 15.9 Å². The van der Waals surface area contributed by atoms with Crippen molar-refractivity contribution in [2.45, 2.75) is 25.9 Å². The topological polar surface area (TPSA) is 26.3 Å². The van der Waals surface area contributed by atoms with Crippen LogP contribution in [0.1, 0.15) is 24.8 Å². The second kappa shape index (κ2) is 8.67. The first kappa shape index (κ1) is 14.7. The van der Waals surface area contributed by atoms with Gasteiger partial charge >= 0.3 is 0 Å². The van der Waals surface area contributed by atoms with E-state index in [-0.39, 0.29) is 5.78 Å². The van der Waals surface area contributed by atoms with Crippen LogP contribution in [0.5, 0.6) is 0 Å². The monoisotopic (exact) mass is 318 g/mol. The molecule has 0 aliphatic heterocycles. The molecule has 0 aliphatic carbocycles. The Bertz CT molecular complexity index is 338. The zero-order valence-corrected chi connectivity index (χ0v) is 12.0. The van der Waals surface area contributed by atoms with Gasteiger partial charge in [0.15, 0.2) is 0 Å². The van der Waals surface area contributed by atoms with E-state index < -0.39 is 0 Å². The van der Waals surface area contributed by atoms with Crippen LogP contribution >= 0.6 is 27.5 Å². The number of ketones is 1. The third-order valence-corrected chi connectivity index (χ3v) is 3.20. The zero-order valence-electron chi connectivity index (χ0n) is 9.62. The van der Waals surface area contributed by atoms with Crippen molar-refractivity contribution >= 4 is 33.3 Å². The third-order valence-electron chi connectivity index (χ3n) is 2.33. The Hall–Kier alpha value is -0.380. The Labute approximate surface area is 115 Å². The number of Topliss-reactive ketones (excluding diaryl/α,β-unsaturated/α-hetero) is 1. The highest BCUT2D eigenvalue weighted by molar-refractivity contribution is 9.09. The maximum absolute atomic E-state index is 11.0. The molecule has 0 aliphatic rings. The first-order valence-electron chi connectivity index (χ1n) is 5.62. The Kier molecular flexibility index (Phi) is 7.49. The van der Waals surface area contributed by atoms with Crippen LogP contribution in [0.2, 0.25) is 5.02 Å². The molecule has 1 rings (SSSR count). The highest BCUT2D eigenvalue weighted by Crippen LogP contribution is 2.10. The quantitative estimate of drug-likeness (QED) is 0.535. The Morgan fingerprint density at radius 2 is 1.94 bits per heavy atom. The fourth-order valence-electron chi connectivity index (χ4n) is 1.36. The number of carbonyl (C=O) groups excluding carboxylic acids is 1. The van der Waals surface area contributed by atoms with Crippen molar-refractivity contribution in [2.75, 3.05) is 11.9 Å². The summed E-state index contributed by atoms with van der Waals surface area (Å²) in [5.74, 6) is 0.253. The standard InChI is InChI=1S/C13H16BrClO2/c14-9-13(16)3-1-2-8-17-10-11-4-6-12(15)7-5-11/h4-7H,1-3,8-10H2. The molecule has 0 fully saturated rings. The van der Waals surface area contributed by atoms with E-state index in [4.69, 9.17) is 16.3 Å². The number of hydrogen-bond acceptors (Lipinski definition) is 2. The number of benzene rings is 1. The SMILES string of the molecule is O=C(CBr)CCCCOCc1ccc(Cl)cc1. The van der Waals surface area contributed by atoms with Crippen molar-refractivity contribution in [1.29, 1.82) is 0 Å². The van der Waals surface area contributed by atoms with Gasteiger partial charge in [-0.1, -0.05) is 39.7 Å². The van der Waals surface area contributed by atoms with Crippen LogP contribution in [0.3, 0.4) is 0 Å². The fourth-order valence-corrected chi connectivity index (χ4v) is 1.77. The smallest absolute Gasteiger partial charge is 0.143 e. The molecule has 0 saturated carbocycles. The minimum Gasteiger partial charge on any atom is -0.377 e. The van der Waals surface area contributed by atoms with Gasteiger partial charge in [-0.2, -0.15) is 0 Å². The highest BCUT2D eigenvalue weighted by Gasteiger charge is 1.99. The zero-order chi connectivity index (χ0) is 12.5. The van der Waals surface area contributed by atoms with Gasteiger partial charge < -0.3 is 4.74 Å². The molecule has 17 heavy (non-hydrogen) atoms. The molecule has 0 heterocycles. The maximum atomic E-state index is 11.0. The number of ether oxygens (including phenoxy) is 1. The summed E-state index contributed by atoms with van der Waals surface area (Å²) in [6.45, 7) is 1.29. The van der Waals surface area contributed by atoms with Gasteiger partial charge in [0.05, 0.1) is 11.9 Å². The van der Waals surface area contributed by atoms with Gasteiger partial charge in [0, 0.05) is 18.1 Å². The molecule has 0 N–H and O–H groups in total. The number of alkyl halides is 1. The van der Waals surface area contributed by atoms with Crippen molar-refractivity contribution in [2.24, 2.45) is 0 Å². The maximum Gasteiger partial charge on any atom is 0.143 e. The summed E-state index contributed by atoms with van der Waals surface area (Å²) in [5, 5.41) is 1.19. The number of hydrogen-bond donors (Lipinski definition) is 0. The van der Waals surface area contributed by atoms with Crippen LogP contribution in [0.25, 0.3) is 0 Å². The van der Waals surface area contributed by atoms with E-state index in [1.54, 1.807) is 0 Å². The van der Waals surface area contributed by atoms with Gasteiger partial charge in [0.1, 0.15) is 5.78 Å². The summed E-state index contributed by atoms with van der Waals surface area (Å²) >= 11 is 8.92. The van der Waals surface area contributed by atoms with Gasteiger partial charge in [0.25, 0.3) is 0 Å². The summed E-state index contributed by atoms with van der Waals surface area (Å²) in [6, 6.07) is 7.62. The molecule has 0 radical (unpaired) electrons. The number of rotatable bonds is 8. The first-order valence-corrected chi connectivity index (χ1v) is 7.12. The molecular formula is C13H16BrClO2. The van der Waals surface area contributed by atoms with Crippen molar-refractivity contribution in [3.63, 3.8) is 0 Å². The van der Waals surface area contributed by atoms with E-state index in [0.717, 1.165) is 23.4 Å². The summed E-state index contributed by atoms with van der Waals surface area (Å²) in [5.41, 5.74) is 1.12. The van der Waals surface area contributed by atoms with Crippen molar-refractivity contribution in [3.8, 4) is 0 Å². The lowest BCUT2D eigenvalue weighted by molar-refractivity contribution is -0.116. The molecule has 2 nitrogen and oxygen atoms in total. The second-order valence-electron chi connectivity index (χ2n) is 3.81. The van der Waals surface area contributed by atoms with Crippen molar-refractivity contribution < 1.29 is 9.53 Å². The minimum absolute atomic E-state index is 0.253. The second-order valence-corrected chi connectivity index (χ2v) is 4.81. The van der Waals surface area contributed by atoms with Gasteiger partial charge in [-0.3, -0.25) is 4.79 Å². The molecule has 0 bridgehead atoms. The van der Waals surface area contributed by atoms with E-state index in [1.165, 1.54) is 0 Å². The average Bonchev–Trinajstić information content (AvgIpc) is 2.35. The van der Waals surface area contributed by atoms with Crippen LogP contribution in [0, 0.1) is 0 Å². The van der Waals surface area contributed by atoms with E-state index in [9.17, 15) is 4.79 Å². The molecule has 1 aromatic carbocycles. The number of halogens is 2. The van der Waals surface area contributed by atoms with Crippen LogP contribution < -0.4 is 0 Å². The van der Waals surface area contributed by atoms with Gasteiger partial charge in [-0.05, 0) is 30.5 Å². The Balaban J connectivity index is 2.04. The van der Waals surface area contributed by atoms with Crippen molar-refractivity contribution in [1.82, 2.24) is 0 Å². The van der Waals surface area contributed by atoms with E-state index in [1.807, 2.05) is 24.3 Å². The highest BCUT2D eigenvalue weighted by atomic mass is 79.9. The van der Waals surface area contributed by atoms with Gasteiger partial charge in [-0.15, -0.1) is 0 Å². The van der Waals surface area contributed by atoms with Crippen LogP contribution in [-0.4, -0.2) is 17.7 Å². The Morgan fingerprint density at radius 3 is 2.59 bits per heavy atom. The molecule has 0 amide bonds. The molecule has 94 valence electrons. The molecule has 0 saturated heterocycles. The van der Waals surface area contributed by atoms with Gasteiger partial charge in [0.2, 0.25) is 0 Å². The molecule has 0 aromatic heterocycles. The molecule has 1 aromatic rings. The fraction of sp³-hybridized carbons (Fsp3) is 0.462. The van der Waals surface area contributed by atoms with Gasteiger partial charge in [-0.25, -0.2) is 0 Å². The molecule has 4 heteroatoms. The van der Waals surface area contributed by atoms with Crippen LogP contribution in [0.4, 0.5) is 0 Å². The predicted octanol–water partition coefficient (Wildman–Crippen LogP) is 3.99. The third kappa shape index (κ3) is 6.81. The summed E-state index contributed by atoms with van der Waals surface area (Å²) in [7, 11) is 0. The Morgan fingerprint density at radius 1 is 1.24 bits per heavy atom. The molecule has 0 unspecified atom stereocenters. The van der Waals surface area contributed by atoms with Crippen LogP contribution in [0.15, 0.2) is 24.3 Å². The van der Waals surface area contributed by atoms with Crippen molar-refractivity contribution in [3.05, 3.63) is 34.9 Å². The molecule has 0 atom stereocenters. The molecule has 0 spiro atoms. The van der Waals surface area contributed by atoms with E-state index >= 15 is 0 Å². The largest absolute Gasteiger partial charge is 0.377 e. The predicted molar refractivity (Wildman–Crippen MR) is 73.8 cm³/mol. The summed E-state index contributed by atoms with van der Waals surface area (Å²) < 4.78 is 5.51. The average molecular weight is 320 g/mol. The number of carbonyl (C=O) groups is 1. The minimum atomic E-state index is 0.253. The van der Waals surface area contributed by atoms with E-state index in [0.29, 0.717) is 25.0 Å². The number of unbranched alkanes of at least 4 members (excludes halogenated alkanes) is 1. The lowest BCUT2D eigenvalue weighted by atomic mass is 10.2. The normalized spacial score (nSPS) is 10.5. The first-order chi connectivity index (χ1) is 8.22. The summed E-state index contributed by atoms with van der Waals surface area (Å²) in [6.07, 6.45) is 2.45. The lowest BCUT2D eigenvalue weighted by Crippen LogP contribution is -2.00. The lowest BCUT2D eigenvalue weighted by Gasteiger charge is -2.04. The molecular weight excluding hydrogens is 303 g/mol.